The van der Waals surface area contributed by atoms with Crippen LogP contribution in [0.4, 0.5) is 0 Å². The molecule has 0 amide bonds. The molecule has 2 fully saturated rings. The zero-order valence-electron chi connectivity index (χ0n) is 119. The van der Waals surface area contributed by atoms with Crippen LogP contribution in [-0.4, -0.2) is 44.9 Å². The average Bonchev–Trinajstić information content (AvgIpc) is 1.27. The molecule has 12 aromatic heterocycles. The number of aryl methyl sites for hydroxylation is 11. The molecule has 0 spiro atoms. The van der Waals surface area contributed by atoms with E-state index in [1.807, 2.05) is 164 Å². The second-order valence-corrected chi connectivity index (χ2v) is 44.7. The number of pyridine rings is 9. The van der Waals surface area contributed by atoms with Gasteiger partial charge in [-0.05, 0) is 298 Å². The van der Waals surface area contributed by atoms with Gasteiger partial charge in [0.2, 0.25) is 17.1 Å². The number of hydrogen-bond donors (Lipinski definition) is 0. The fraction of sp³-hybridized carbons (Fsp3) is 0.391. The van der Waals surface area contributed by atoms with Gasteiger partial charge in [0.25, 0.3) is 0 Å². The summed E-state index contributed by atoms with van der Waals surface area (Å²) in [6, 6.07) is 64.7. The van der Waals surface area contributed by atoms with Crippen LogP contribution in [0.1, 0.15) is 336 Å². The summed E-state index contributed by atoms with van der Waals surface area (Å²) < 4.78 is 258. The molecule has 2 aliphatic rings. The molecule has 12 nitrogen and oxygen atoms in total. The first kappa shape index (κ1) is 80.0. The van der Waals surface area contributed by atoms with Crippen LogP contribution in [0.3, 0.4) is 0 Å². The van der Waals surface area contributed by atoms with Gasteiger partial charge in [-0.15, -0.1) is 161 Å². The Morgan fingerprint density at radius 2 is 0.642 bits per heavy atom. The van der Waals surface area contributed by atoms with E-state index in [4.69, 9.17) is 54.4 Å². The second-order valence-electron chi connectivity index (χ2n) is 44.7. The summed E-state index contributed by atoms with van der Waals surface area (Å²) in [5.41, 5.74) is 16.1. The number of rotatable bonds is 13. The second kappa shape index (κ2) is 48.1. The Kier molecular flexibility index (Phi) is 26.0. The van der Waals surface area contributed by atoms with Gasteiger partial charge in [0.15, 0.2) is 0 Å². The third-order valence-corrected chi connectivity index (χ3v) is 25.0. The Hall–Kier alpha value is -11.0. The molecule has 0 saturated heterocycles. The number of benzene rings is 6. The Morgan fingerprint density at radius 3 is 0.953 bits per heavy atom. The minimum absolute atomic E-state index is 0. The summed E-state index contributed by atoms with van der Waals surface area (Å²) >= 11 is 0. The minimum atomic E-state index is -2.33. The quantitative estimate of drug-likeness (QED) is 0.101. The molecular formula is C133H151Ir3N9O3-6. The van der Waals surface area contributed by atoms with Crippen molar-refractivity contribution in [2.24, 2.45) is 37.9 Å². The van der Waals surface area contributed by atoms with Gasteiger partial charge >= 0.3 is 0 Å². The van der Waals surface area contributed by atoms with Crippen molar-refractivity contribution in [2.75, 3.05) is 0 Å². The van der Waals surface area contributed by atoms with E-state index in [-0.39, 0.29) is 122 Å². The van der Waals surface area contributed by atoms with Crippen LogP contribution in [0.25, 0.3) is 134 Å². The van der Waals surface area contributed by atoms with Crippen molar-refractivity contribution >= 4 is 66.2 Å². The monoisotopic (exact) mass is 2530 g/mol. The molecule has 2 saturated carbocycles. The normalized spacial score (nSPS) is 18.2. The third-order valence-electron chi connectivity index (χ3n) is 25.0. The van der Waals surface area contributed by atoms with Gasteiger partial charge < -0.3 is 43.2 Å². The zero-order chi connectivity index (χ0) is 130. The summed E-state index contributed by atoms with van der Waals surface area (Å²) in [4.78, 5) is 39.6. The van der Waals surface area contributed by atoms with Crippen molar-refractivity contribution in [3.63, 3.8) is 0 Å². The van der Waals surface area contributed by atoms with Crippen molar-refractivity contribution in [1.82, 2.24) is 44.9 Å². The third kappa shape index (κ3) is 30.3. The van der Waals surface area contributed by atoms with E-state index in [0.717, 1.165) is 123 Å². The molecule has 148 heavy (non-hydrogen) atoms. The smallest absolute Gasteiger partial charge is 0.216 e. The fourth-order valence-corrected chi connectivity index (χ4v) is 17.9. The van der Waals surface area contributed by atoms with Gasteiger partial charge in [-0.1, -0.05) is 249 Å². The largest absolute Gasteiger partial charge is 0.486 e. The van der Waals surface area contributed by atoms with E-state index in [2.05, 4.69) is 109 Å². The van der Waals surface area contributed by atoms with E-state index in [0.29, 0.717) is 112 Å². The number of fused-ring (bicyclic) bond motifs is 9. The Balaban J connectivity index is 0.000000185. The number of furan rings is 3. The van der Waals surface area contributed by atoms with Crippen LogP contribution in [-0.2, 0) is 92.2 Å². The first-order valence-electron chi connectivity index (χ1n) is 64.4. The molecule has 0 atom stereocenters. The van der Waals surface area contributed by atoms with E-state index < -0.39 is 112 Å². The predicted octanol–water partition coefficient (Wildman–Crippen LogP) is 35.9. The number of aromatic nitrogens is 9. The maximum atomic E-state index is 9.13. The van der Waals surface area contributed by atoms with Crippen LogP contribution < -0.4 is 0 Å². The summed E-state index contributed by atoms with van der Waals surface area (Å²) in [6.45, 7) is 32.3. The van der Waals surface area contributed by atoms with E-state index >= 15 is 0 Å². The van der Waals surface area contributed by atoms with E-state index in [1.54, 1.807) is 145 Å². The molecule has 20 rings (SSSR count). The molecule has 18 aromatic rings. The molecule has 2 aliphatic carbocycles. The first-order valence-corrected chi connectivity index (χ1v) is 49.4. The molecule has 3 radical (unpaired) electrons. The summed E-state index contributed by atoms with van der Waals surface area (Å²) in [7, 11) is 0. The van der Waals surface area contributed by atoms with Gasteiger partial charge in [-0.25, -0.2) is 15.0 Å². The van der Waals surface area contributed by atoms with Crippen LogP contribution >= 0.6 is 0 Å². The number of hydrogen-bond acceptors (Lipinski definition) is 12. The molecule has 0 unspecified atom stereocenters. The molecule has 0 bridgehead atoms. The summed E-state index contributed by atoms with van der Waals surface area (Å²) in [5.74, 6) is -1.25. The zero-order valence-corrected chi connectivity index (χ0v) is 96.1. The average molecular weight is 2530 g/mol. The van der Waals surface area contributed by atoms with Crippen LogP contribution in [0, 0.1) is 150 Å². The Labute approximate surface area is 965 Å². The Morgan fingerprint density at radius 1 is 0.331 bits per heavy atom. The maximum absolute atomic E-state index is 9.13. The predicted molar refractivity (Wildman–Crippen MR) is 604 cm³/mol. The van der Waals surface area contributed by atoms with Gasteiger partial charge in [-0.3, -0.25) is 0 Å². The van der Waals surface area contributed by atoms with Crippen molar-refractivity contribution in [1.29, 1.82) is 0 Å². The molecule has 12 heterocycles. The van der Waals surface area contributed by atoms with Gasteiger partial charge in [0, 0.05) is 172 Å². The first-order chi connectivity index (χ1) is 80.2. The number of nitrogens with zero attached hydrogens (tertiary/aromatic N) is 9. The van der Waals surface area contributed by atoms with Crippen LogP contribution in [0.15, 0.2) is 214 Å². The SMILES string of the molecule is [2H]C([2H])([2H])c1c[c-]c(-c2cc(C([2H])([2H])C(C)(C)C)c(C([2H])([2H])C(C)(C)C)cn2)cc1.[2H]C([2H])([2H])c1c[c-]c(-c2cc(C)c(C([2H])([2H])C(C)(C)C)cn2)cc1.[2H]C([2H])([2H])c1c[c-]c(-c2cc(C)c(C([2H])([2H])C(C)(C)C)cn2)cc1.[2H]C([2H])([2H])c1cc(C)c2c(n1)oc1c(-c3cc(C([2H])([2H])C(C)(C)C)ccn3)[c-]ccc12.[2H]C([2H])([2H])c1cc(C)c2c(n1)oc1c(-c3cc(C4([2H])CCC(C)(C)CC4)ccn3)[c-]ccc12.[2H]C([2H])([2H])c1cc(C)c2c(n1)oc1c(-c3cc(C4([2H])CCC(C)(C)CC4)ccn3)[c-]ccc12.[Ir].[Ir].[Ir]. The summed E-state index contributed by atoms with van der Waals surface area (Å²) in [5, 5.41) is 4.85. The molecule has 6 aromatic carbocycles. The molecule has 0 aliphatic heterocycles. The summed E-state index contributed by atoms with van der Waals surface area (Å²) in [6.07, 6.45) is 8.80. The molecule has 15 heteroatoms. The Bertz CT molecular complexity index is 8700. The van der Waals surface area contributed by atoms with Gasteiger partial charge in [0.1, 0.15) is 0 Å². The maximum Gasteiger partial charge on any atom is 0.216 e. The molecule has 0 N–H and O–H groups in total. The fourth-order valence-electron chi connectivity index (χ4n) is 17.9. The van der Waals surface area contributed by atoms with Gasteiger partial charge in [-0.2, -0.15) is 0 Å². The van der Waals surface area contributed by atoms with Gasteiger partial charge in [0.05, 0.1) is 16.7 Å². The molecular weight excluding hydrogens is 2350 g/mol. The van der Waals surface area contributed by atoms with Crippen molar-refractivity contribution in [2.45, 2.75) is 302 Å². The van der Waals surface area contributed by atoms with Crippen molar-refractivity contribution in [3.8, 4) is 67.5 Å². The van der Waals surface area contributed by atoms with Crippen molar-refractivity contribution in [3.05, 3.63) is 338 Å². The van der Waals surface area contributed by atoms with E-state index in [1.165, 1.54) is 30.5 Å². The van der Waals surface area contributed by atoms with Crippen LogP contribution in [0.5, 0.6) is 0 Å². The molecule has 779 valence electrons. The standard InChI is InChI=1S/2C26H27N2O.C23H23N2O.C22H30N.2C18H22N.3Ir/c2*1-16-14-17(2)28-25-23(16)21-7-5-6-20(24(21)29-25)22-15-19(10-13-27-22)18-8-11-26(3,4)12-9-18;1-14-11-15(2)25-22-20(14)18-8-6-7-17(21(18)26-22)19-12-16(9-10-24-19)13-23(3,4)5;1-16-8-10-17(11-9-16)20-12-18(13-21(2,3)4)19(15-23-20)14-22(5,6)7;2*1-13-6-8-15(9-7-13)17-10-14(2)16(12-19-17)11-18(3,4)5;;;/h2*5,7,10,13-15,18H,8-9,11-12H2,1-4H3;6,8-12H,13H2,1-5H3;8-10,12,15H,13-14H2,1-7H3;2*6-8,10,12H,11H2,1-5H3;;;/q6*-1;;;/i2*2D3,18D;2D3,13D2;1D3,13D2,14D2;2*1D3,11D2;;;. The van der Waals surface area contributed by atoms with Crippen LogP contribution in [0.2, 0.25) is 0 Å². The topological polar surface area (TPSA) is 155 Å². The minimum Gasteiger partial charge on any atom is -0.486 e. The van der Waals surface area contributed by atoms with Crippen molar-refractivity contribution < 1.29 is 115 Å². The van der Waals surface area contributed by atoms with E-state index in [9.17, 15) is 0 Å².